The Morgan fingerprint density at radius 2 is 2.11 bits per heavy atom. The van der Waals surface area contributed by atoms with Crippen LogP contribution < -0.4 is 11.1 Å². The second kappa shape index (κ2) is 7.53. The number of aryl methyl sites for hydroxylation is 1. The van der Waals surface area contributed by atoms with Crippen LogP contribution in [0.25, 0.3) is 0 Å². The number of rotatable bonds is 6. The highest BCUT2D eigenvalue weighted by Gasteiger charge is 2.17. The van der Waals surface area contributed by atoms with E-state index in [9.17, 15) is 4.79 Å². The average molecular weight is 327 g/mol. The van der Waals surface area contributed by atoms with Crippen LogP contribution in [0.4, 0.5) is 11.4 Å². The van der Waals surface area contributed by atoms with Gasteiger partial charge in [0.2, 0.25) is 5.91 Å². The van der Waals surface area contributed by atoms with Crippen LogP contribution in [-0.2, 0) is 4.79 Å². The summed E-state index contributed by atoms with van der Waals surface area (Å²) in [7, 11) is 0. The van der Waals surface area contributed by atoms with Crippen molar-refractivity contribution in [2.45, 2.75) is 46.5 Å². The largest absolute Gasteiger partial charge is 0.397 e. The molecule has 0 saturated carbocycles. The van der Waals surface area contributed by atoms with E-state index in [0.29, 0.717) is 5.69 Å². The number of hydrogen-bond acceptors (Lipinski definition) is 2. The summed E-state index contributed by atoms with van der Waals surface area (Å²) in [5.41, 5.74) is 8.29. The van der Waals surface area contributed by atoms with E-state index in [2.05, 4.69) is 35.1 Å². The Morgan fingerprint density at radius 1 is 1.42 bits per heavy atom. The molecular formula is C15H23BrN2O. The van der Waals surface area contributed by atoms with Crippen LogP contribution in [0.3, 0.4) is 0 Å². The molecule has 0 spiro atoms. The highest BCUT2D eigenvalue weighted by atomic mass is 79.9. The molecule has 0 aromatic heterocycles. The molecule has 0 aliphatic carbocycles. The van der Waals surface area contributed by atoms with Crippen LogP contribution in [0, 0.1) is 12.8 Å². The fourth-order valence-electron chi connectivity index (χ4n) is 2.14. The molecule has 1 aromatic carbocycles. The third-order valence-electron chi connectivity index (χ3n) is 3.35. The lowest BCUT2D eigenvalue weighted by molar-refractivity contribution is -0.120. The molecule has 1 rings (SSSR count). The number of anilines is 2. The molecule has 1 amide bonds. The van der Waals surface area contributed by atoms with E-state index in [1.165, 1.54) is 0 Å². The normalized spacial score (nSPS) is 12.2. The Bertz CT molecular complexity index is 423. The van der Waals surface area contributed by atoms with Crippen LogP contribution >= 0.6 is 15.9 Å². The van der Waals surface area contributed by atoms with Crippen molar-refractivity contribution in [1.29, 1.82) is 0 Å². The van der Waals surface area contributed by atoms with Crippen molar-refractivity contribution < 1.29 is 4.79 Å². The minimum absolute atomic E-state index is 0.0717. The summed E-state index contributed by atoms with van der Waals surface area (Å²) in [4.78, 5) is 12.3. The summed E-state index contributed by atoms with van der Waals surface area (Å²) in [5, 5.41) is 2.98. The van der Waals surface area contributed by atoms with Crippen molar-refractivity contribution >= 4 is 33.2 Å². The molecule has 4 heteroatoms. The molecule has 1 aromatic rings. The van der Waals surface area contributed by atoms with Crippen LogP contribution in [0.5, 0.6) is 0 Å². The van der Waals surface area contributed by atoms with E-state index < -0.39 is 0 Å². The second-order valence-electron chi connectivity index (χ2n) is 4.92. The van der Waals surface area contributed by atoms with Gasteiger partial charge in [0.05, 0.1) is 11.4 Å². The molecule has 0 aliphatic heterocycles. The Morgan fingerprint density at radius 3 is 2.63 bits per heavy atom. The molecule has 1 unspecified atom stereocenters. The lowest BCUT2D eigenvalue weighted by Crippen LogP contribution is -2.23. The molecule has 0 radical (unpaired) electrons. The van der Waals surface area contributed by atoms with Gasteiger partial charge in [-0.25, -0.2) is 0 Å². The number of carbonyl (C=O) groups is 1. The van der Waals surface area contributed by atoms with Crippen LogP contribution in [-0.4, -0.2) is 5.91 Å². The Balaban J connectivity index is 2.81. The maximum absolute atomic E-state index is 12.3. The van der Waals surface area contributed by atoms with Gasteiger partial charge in [-0.15, -0.1) is 0 Å². The van der Waals surface area contributed by atoms with Crippen LogP contribution in [0.15, 0.2) is 16.6 Å². The smallest absolute Gasteiger partial charge is 0.227 e. The summed E-state index contributed by atoms with van der Waals surface area (Å²) < 4.78 is 0.929. The molecular weight excluding hydrogens is 304 g/mol. The number of carbonyl (C=O) groups excluding carboxylic acids is 1. The zero-order chi connectivity index (χ0) is 14.4. The van der Waals surface area contributed by atoms with Crippen molar-refractivity contribution in [3.05, 3.63) is 22.2 Å². The van der Waals surface area contributed by atoms with Gasteiger partial charge in [0, 0.05) is 10.4 Å². The van der Waals surface area contributed by atoms with Crippen molar-refractivity contribution in [2.24, 2.45) is 5.92 Å². The molecule has 106 valence electrons. The van der Waals surface area contributed by atoms with E-state index in [-0.39, 0.29) is 11.8 Å². The first-order valence-electron chi connectivity index (χ1n) is 6.86. The number of amides is 1. The average Bonchev–Trinajstić information content (AvgIpc) is 2.34. The number of nitrogens with one attached hydrogen (secondary N) is 1. The maximum atomic E-state index is 12.3. The van der Waals surface area contributed by atoms with E-state index in [1.54, 1.807) is 0 Å². The molecule has 0 bridgehead atoms. The Kier molecular flexibility index (Phi) is 6.35. The fraction of sp³-hybridized carbons (Fsp3) is 0.533. The lowest BCUT2D eigenvalue weighted by atomic mass is 9.98. The monoisotopic (exact) mass is 326 g/mol. The van der Waals surface area contributed by atoms with Gasteiger partial charge < -0.3 is 11.1 Å². The molecule has 3 N–H and O–H groups in total. The third-order valence-corrected chi connectivity index (χ3v) is 3.81. The summed E-state index contributed by atoms with van der Waals surface area (Å²) in [6.07, 6.45) is 4.00. The number of nitrogens with two attached hydrogens (primary N) is 1. The summed E-state index contributed by atoms with van der Waals surface area (Å²) in [5.74, 6) is 0.149. The van der Waals surface area contributed by atoms with Crippen molar-refractivity contribution in [2.75, 3.05) is 11.1 Å². The van der Waals surface area contributed by atoms with Crippen molar-refractivity contribution in [3.63, 3.8) is 0 Å². The van der Waals surface area contributed by atoms with Gasteiger partial charge in [-0.2, -0.15) is 0 Å². The molecule has 0 saturated heterocycles. The van der Waals surface area contributed by atoms with Gasteiger partial charge in [-0.3, -0.25) is 4.79 Å². The predicted octanol–water partition coefficient (Wildman–Crippen LogP) is 4.49. The topological polar surface area (TPSA) is 55.1 Å². The second-order valence-corrected chi connectivity index (χ2v) is 5.84. The maximum Gasteiger partial charge on any atom is 0.227 e. The van der Waals surface area contributed by atoms with Gasteiger partial charge in [0.1, 0.15) is 0 Å². The van der Waals surface area contributed by atoms with Gasteiger partial charge in [-0.05, 0) is 37.5 Å². The van der Waals surface area contributed by atoms with Gasteiger partial charge in [0.15, 0.2) is 0 Å². The number of nitrogen functional groups attached to an aromatic ring is 1. The number of benzene rings is 1. The Hall–Kier alpha value is -1.03. The predicted molar refractivity (Wildman–Crippen MR) is 85.2 cm³/mol. The zero-order valence-electron chi connectivity index (χ0n) is 11.9. The third kappa shape index (κ3) is 4.53. The number of halogens is 1. The zero-order valence-corrected chi connectivity index (χ0v) is 13.5. The van der Waals surface area contributed by atoms with Crippen molar-refractivity contribution in [3.8, 4) is 0 Å². The molecule has 0 heterocycles. The summed E-state index contributed by atoms with van der Waals surface area (Å²) in [6, 6.07) is 3.77. The Labute approximate surface area is 124 Å². The van der Waals surface area contributed by atoms with Gasteiger partial charge in [0.25, 0.3) is 0 Å². The molecule has 0 aliphatic rings. The highest BCUT2D eigenvalue weighted by molar-refractivity contribution is 9.10. The van der Waals surface area contributed by atoms with Crippen molar-refractivity contribution in [1.82, 2.24) is 0 Å². The molecule has 1 atom stereocenters. The number of unbranched alkanes of at least 4 members (excludes halogenated alkanes) is 1. The summed E-state index contributed by atoms with van der Waals surface area (Å²) >= 11 is 3.40. The van der Waals surface area contributed by atoms with Gasteiger partial charge in [-0.1, -0.05) is 42.6 Å². The minimum atomic E-state index is 0.0717. The highest BCUT2D eigenvalue weighted by Crippen LogP contribution is 2.28. The summed E-state index contributed by atoms with van der Waals surface area (Å²) in [6.45, 7) is 6.14. The minimum Gasteiger partial charge on any atom is -0.397 e. The molecule has 3 nitrogen and oxygen atoms in total. The van der Waals surface area contributed by atoms with E-state index >= 15 is 0 Å². The first-order chi connectivity index (χ1) is 8.99. The first-order valence-corrected chi connectivity index (χ1v) is 7.65. The SMILES string of the molecule is CCCCC(CC)C(=O)Nc1c(C)cc(Br)cc1N. The lowest BCUT2D eigenvalue weighted by Gasteiger charge is -2.17. The number of hydrogen-bond donors (Lipinski definition) is 2. The quantitative estimate of drug-likeness (QED) is 0.756. The van der Waals surface area contributed by atoms with Gasteiger partial charge >= 0.3 is 0 Å². The van der Waals surface area contributed by atoms with Crippen LogP contribution in [0.2, 0.25) is 0 Å². The van der Waals surface area contributed by atoms with E-state index in [0.717, 1.165) is 41.4 Å². The van der Waals surface area contributed by atoms with Crippen LogP contribution in [0.1, 0.15) is 45.1 Å². The standard InChI is InChI=1S/C15H23BrN2O/c1-4-6-7-11(5-2)15(19)18-14-10(3)8-12(16)9-13(14)17/h8-9,11H,4-7,17H2,1-3H3,(H,18,19). The molecule has 19 heavy (non-hydrogen) atoms. The van der Waals surface area contributed by atoms with E-state index in [4.69, 9.17) is 5.73 Å². The molecule has 0 fully saturated rings. The van der Waals surface area contributed by atoms with E-state index in [1.807, 2.05) is 19.1 Å². The first kappa shape index (κ1) is 16.0. The fourth-order valence-corrected chi connectivity index (χ4v) is 2.73.